The van der Waals surface area contributed by atoms with E-state index in [1.54, 1.807) is 7.11 Å². The molecule has 7 nitrogen and oxygen atoms in total. The Balaban J connectivity index is 1.67. The molecule has 8 heteroatoms. The zero-order valence-electron chi connectivity index (χ0n) is 15.5. The fourth-order valence-corrected chi connectivity index (χ4v) is 4.03. The number of nitrogens with zero attached hydrogens (tertiary/aromatic N) is 4. The van der Waals surface area contributed by atoms with Gasteiger partial charge in [0.05, 0.1) is 48.7 Å². The van der Waals surface area contributed by atoms with Crippen molar-refractivity contribution in [2.45, 2.75) is 32.7 Å². The Morgan fingerprint density at radius 3 is 2.74 bits per heavy atom. The highest BCUT2D eigenvalue weighted by molar-refractivity contribution is 6.99. The monoisotopic (exact) mass is 383 g/mol. The van der Waals surface area contributed by atoms with Crippen LogP contribution in [0.4, 0.5) is 0 Å². The maximum atomic E-state index is 12.5. The number of benzene rings is 1. The Labute approximate surface area is 161 Å². The van der Waals surface area contributed by atoms with Crippen LogP contribution in [0.2, 0.25) is 0 Å². The van der Waals surface area contributed by atoms with Crippen LogP contribution in [0.5, 0.6) is 5.75 Å². The Morgan fingerprint density at radius 1 is 1.30 bits per heavy atom. The first-order valence-electron chi connectivity index (χ1n) is 8.76. The van der Waals surface area contributed by atoms with E-state index in [4.69, 9.17) is 4.74 Å². The fourth-order valence-electron chi connectivity index (χ4n) is 3.61. The molecular formula is C19H21N5O2S. The molecule has 0 spiro atoms. The van der Waals surface area contributed by atoms with Crippen LogP contribution in [-0.2, 0) is 6.42 Å². The molecule has 1 amide bonds. The first-order valence-corrected chi connectivity index (χ1v) is 9.49. The molecule has 1 aromatic carbocycles. The van der Waals surface area contributed by atoms with Crippen LogP contribution in [0.3, 0.4) is 0 Å². The molecule has 1 aliphatic carbocycles. The Bertz CT molecular complexity index is 947. The van der Waals surface area contributed by atoms with E-state index in [0.717, 1.165) is 47.3 Å². The average molecular weight is 383 g/mol. The number of methoxy groups -OCH3 is 1. The lowest BCUT2D eigenvalue weighted by molar-refractivity contribution is 0.0915. The molecule has 3 aromatic rings. The molecule has 4 rings (SSSR count). The van der Waals surface area contributed by atoms with Gasteiger partial charge in [0, 0.05) is 5.56 Å². The van der Waals surface area contributed by atoms with Crippen LogP contribution in [0.15, 0.2) is 36.7 Å². The summed E-state index contributed by atoms with van der Waals surface area (Å²) in [5.74, 6) is 0.608. The Morgan fingerprint density at radius 2 is 2.07 bits per heavy atom. The van der Waals surface area contributed by atoms with Crippen molar-refractivity contribution in [2.75, 3.05) is 7.11 Å². The molecule has 0 fully saturated rings. The van der Waals surface area contributed by atoms with E-state index in [2.05, 4.69) is 33.0 Å². The third kappa shape index (κ3) is 3.44. The van der Waals surface area contributed by atoms with Gasteiger partial charge < -0.3 is 10.1 Å². The zero-order chi connectivity index (χ0) is 19.0. The van der Waals surface area contributed by atoms with Crippen LogP contribution in [0.25, 0.3) is 5.69 Å². The molecule has 1 N–H and O–H groups in total. The van der Waals surface area contributed by atoms with Crippen LogP contribution in [0, 0.1) is 5.41 Å². The van der Waals surface area contributed by atoms with Gasteiger partial charge in [-0.15, -0.1) is 0 Å². The average Bonchev–Trinajstić information content (AvgIpc) is 3.31. The summed E-state index contributed by atoms with van der Waals surface area (Å²) in [5.41, 5.74) is 3.55. The van der Waals surface area contributed by atoms with Gasteiger partial charge in [0.25, 0.3) is 5.91 Å². The second-order valence-corrected chi connectivity index (χ2v) is 8.08. The van der Waals surface area contributed by atoms with E-state index in [9.17, 15) is 4.79 Å². The topological polar surface area (TPSA) is 81.9 Å². The summed E-state index contributed by atoms with van der Waals surface area (Å²) >= 11 is 1.03. The van der Waals surface area contributed by atoms with Crippen LogP contribution >= 0.6 is 11.7 Å². The highest BCUT2D eigenvalue weighted by Crippen LogP contribution is 2.41. The van der Waals surface area contributed by atoms with Crippen molar-refractivity contribution in [2.24, 2.45) is 5.41 Å². The molecule has 140 valence electrons. The lowest BCUT2D eigenvalue weighted by Gasteiger charge is -2.35. The molecule has 27 heavy (non-hydrogen) atoms. The van der Waals surface area contributed by atoms with Crippen LogP contribution < -0.4 is 10.1 Å². The standard InChI is InChI=1S/C19H21N5O2S/c1-19(2)8-15(22-18(25)16-11-21-27-23-16)14-10-20-24(17(14)9-19)12-4-6-13(26-3)7-5-12/h4-7,10-11,15H,8-9H2,1-3H3,(H,22,25)/t15-/m0/s1. The zero-order valence-corrected chi connectivity index (χ0v) is 16.3. The molecule has 1 atom stereocenters. The molecule has 0 bridgehead atoms. The fraction of sp³-hybridized carbons (Fsp3) is 0.368. The van der Waals surface area contributed by atoms with E-state index in [1.165, 1.54) is 6.20 Å². The van der Waals surface area contributed by atoms with E-state index in [1.807, 2.05) is 35.1 Å². The minimum atomic E-state index is -0.199. The number of amides is 1. The maximum Gasteiger partial charge on any atom is 0.273 e. The molecular weight excluding hydrogens is 362 g/mol. The lowest BCUT2D eigenvalue weighted by Crippen LogP contribution is -2.36. The van der Waals surface area contributed by atoms with Crippen molar-refractivity contribution >= 4 is 17.6 Å². The number of fused-ring (bicyclic) bond motifs is 1. The molecule has 0 aliphatic heterocycles. The minimum absolute atomic E-state index is 0.0372. The van der Waals surface area contributed by atoms with E-state index >= 15 is 0 Å². The summed E-state index contributed by atoms with van der Waals surface area (Å²) in [6.07, 6.45) is 5.09. The molecule has 0 saturated heterocycles. The van der Waals surface area contributed by atoms with Gasteiger partial charge in [0.1, 0.15) is 5.75 Å². The van der Waals surface area contributed by atoms with Crippen molar-refractivity contribution in [3.05, 3.63) is 53.6 Å². The van der Waals surface area contributed by atoms with Gasteiger partial charge in [-0.3, -0.25) is 4.79 Å². The predicted octanol–water partition coefficient (Wildman–Crippen LogP) is 3.18. The summed E-state index contributed by atoms with van der Waals surface area (Å²) in [6, 6.07) is 7.72. The third-order valence-electron chi connectivity index (χ3n) is 4.90. The molecule has 2 aromatic heterocycles. The number of nitrogens with one attached hydrogen (secondary N) is 1. The lowest BCUT2D eigenvalue weighted by atomic mass is 9.74. The van der Waals surface area contributed by atoms with Crippen LogP contribution in [-0.4, -0.2) is 31.5 Å². The quantitative estimate of drug-likeness (QED) is 0.748. The molecule has 0 saturated carbocycles. The van der Waals surface area contributed by atoms with Crippen molar-refractivity contribution in [1.82, 2.24) is 23.8 Å². The number of carbonyl (C=O) groups is 1. The van der Waals surface area contributed by atoms with E-state index in [0.29, 0.717) is 5.69 Å². The number of hydrogen-bond acceptors (Lipinski definition) is 6. The summed E-state index contributed by atoms with van der Waals surface area (Å²) in [7, 11) is 1.65. The van der Waals surface area contributed by atoms with Crippen molar-refractivity contribution in [3.8, 4) is 11.4 Å². The van der Waals surface area contributed by atoms with Gasteiger partial charge in [-0.2, -0.15) is 13.8 Å². The normalized spacial score (nSPS) is 18.0. The molecule has 2 heterocycles. The van der Waals surface area contributed by atoms with E-state index < -0.39 is 0 Å². The summed E-state index contributed by atoms with van der Waals surface area (Å²) in [6.45, 7) is 4.43. The first-order chi connectivity index (χ1) is 13.0. The number of aromatic nitrogens is 4. The van der Waals surface area contributed by atoms with Gasteiger partial charge in [0.2, 0.25) is 0 Å². The Kier molecular flexibility index (Phi) is 4.43. The maximum absolute atomic E-state index is 12.5. The SMILES string of the molecule is COc1ccc(-n2ncc3c2CC(C)(C)C[C@@H]3NC(=O)c2cnsn2)cc1. The number of ether oxygens (including phenoxy) is 1. The first kappa shape index (κ1) is 17.7. The largest absolute Gasteiger partial charge is 0.497 e. The predicted molar refractivity (Wildman–Crippen MR) is 102 cm³/mol. The van der Waals surface area contributed by atoms with Gasteiger partial charge in [-0.1, -0.05) is 13.8 Å². The number of rotatable bonds is 4. The smallest absolute Gasteiger partial charge is 0.273 e. The summed E-state index contributed by atoms with van der Waals surface area (Å²) in [5, 5.41) is 7.72. The van der Waals surface area contributed by atoms with Crippen molar-refractivity contribution in [1.29, 1.82) is 0 Å². The second kappa shape index (κ2) is 6.77. The number of carbonyl (C=O) groups excluding carboxylic acids is 1. The van der Waals surface area contributed by atoms with Gasteiger partial charge in [-0.25, -0.2) is 4.68 Å². The molecule has 1 aliphatic rings. The molecule has 0 radical (unpaired) electrons. The second-order valence-electron chi connectivity index (χ2n) is 7.52. The highest BCUT2D eigenvalue weighted by atomic mass is 32.1. The Hall–Kier alpha value is -2.74. The third-order valence-corrected chi connectivity index (χ3v) is 5.37. The summed E-state index contributed by atoms with van der Waals surface area (Å²) in [4.78, 5) is 12.5. The summed E-state index contributed by atoms with van der Waals surface area (Å²) < 4.78 is 15.1. The van der Waals surface area contributed by atoms with Crippen LogP contribution in [0.1, 0.15) is 48.1 Å². The van der Waals surface area contributed by atoms with Gasteiger partial charge in [-0.05, 0) is 42.5 Å². The number of hydrogen-bond donors (Lipinski definition) is 1. The molecule has 0 unspecified atom stereocenters. The van der Waals surface area contributed by atoms with E-state index in [-0.39, 0.29) is 17.4 Å². The van der Waals surface area contributed by atoms with Crippen molar-refractivity contribution < 1.29 is 9.53 Å². The van der Waals surface area contributed by atoms with Gasteiger partial charge >= 0.3 is 0 Å². The highest BCUT2D eigenvalue weighted by Gasteiger charge is 2.36. The van der Waals surface area contributed by atoms with Gasteiger partial charge in [0.15, 0.2) is 5.69 Å². The van der Waals surface area contributed by atoms with Crippen molar-refractivity contribution in [3.63, 3.8) is 0 Å². The minimum Gasteiger partial charge on any atom is -0.497 e.